The van der Waals surface area contributed by atoms with Gasteiger partial charge in [0, 0.05) is 31.6 Å². The Balaban J connectivity index is 1.35. The van der Waals surface area contributed by atoms with Crippen LogP contribution in [-0.4, -0.2) is 47.2 Å². The van der Waals surface area contributed by atoms with Crippen molar-refractivity contribution in [2.45, 2.75) is 25.3 Å². The molecule has 1 fully saturated rings. The van der Waals surface area contributed by atoms with E-state index in [-0.39, 0.29) is 11.3 Å². The topological polar surface area (TPSA) is 118 Å². The predicted molar refractivity (Wildman–Crippen MR) is 129 cm³/mol. The smallest absolute Gasteiger partial charge is 0.341 e. The number of ether oxygens (including phenoxy) is 1. The molecule has 2 aliphatic heterocycles. The molecule has 5 rings (SSSR count). The van der Waals surface area contributed by atoms with Gasteiger partial charge in [-0.05, 0) is 42.5 Å². The van der Waals surface area contributed by atoms with Gasteiger partial charge in [0.25, 0.3) is 11.6 Å². The van der Waals surface area contributed by atoms with Gasteiger partial charge in [-0.1, -0.05) is 6.07 Å². The molecule has 1 amide bonds. The van der Waals surface area contributed by atoms with Gasteiger partial charge in [-0.25, -0.2) is 9.80 Å². The Bertz CT molecular complexity index is 1270. The van der Waals surface area contributed by atoms with Crippen LogP contribution in [-0.2, 0) is 9.53 Å². The first-order chi connectivity index (χ1) is 17.0. The fourth-order valence-corrected chi connectivity index (χ4v) is 5.06. The lowest BCUT2D eigenvalue weighted by atomic mass is 10.1. The summed E-state index contributed by atoms with van der Waals surface area (Å²) in [5, 5.41) is 19.0. The molecule has 0 N–H and O–H groups in total. The number of furan rings is 1. The van der Waals surface area contributed by atoms with E-state index in [1.807, 2.05) is 22.4 Å². The molecule has 10 nitrogen and oxygen atoms in total. The van der Waals surface area contributed by atoms with Crippen molar-refractivity contribution in [2.75, 3.05) is 24.6 Å². The van der Waals surface area contributed by atoms with E-state index in [1.54, 1.807) is 18.2 Å². The number of thiophene rings is 1. The number of esters is 1. The molecule has 35 heavy (non-hydrogen) atoms. The number of hydrogen-bond acceptors (Lipinski definition) is 9. The van der Waals surface area contributed by atoms with Crippen LogP contribution in [0.3, 0.4) is 0 Å². The van der Waals surface area contributed by atoms with Crippen molar-refractivity contribution in [3.63, 3.8) is 0 Å². The summed E-state index contributed by atoms with van der Waals surface area (Å²) < 4.78 is 10.9. The van der Waals surface area contributed by atoms with E-state index in [0.29, 0.717) is 17.9 Å². The largest absolute Gasteiger partial charge is 0.467 e. The number of nitro groups is 1. The summed E-state index contributed by atoms with van der Waals surface area (Å²) in [7, 11) is 0. The van der Waals surface area contributed by atoms with Crippen LogP contribution >= 0.6 is 11.3 Å². The summed E-state index contributed by atoms with van der Waals surface area (Å²) in [6.07, 6.45) is 3.94. The Kier molecular flexibility index (Phi) is 6.32. The van der Waals surface area contributed by atoms with Crippen molar-refractivity contribution in [3.8, 4) is 0 Å². The van der Waals surface area contributed by atoms with Gasteiger partial charge >= 0.3 is 5.97 Å². The van der Waals surface area contributed by atoms with E-state index >= 15 is 0 Å². The molecule has 1 aromatic carbocycles. The number of nitro benzene ring substituents is 1. The van der Waals surface area contributed by atoms with Crippen LogP contribution in [0.15, 0.2) is 63.6 Å². The Hall–Kier alpha value is -3.99. The zero-order chi connectivity index (χ0) is 24.4. The van der Waals surface area contributed by atoms with Crippen molar-refractivity contribution >= 4 is 40.3 Å². The van der Waals surface area contributed by atoms with Crippen LogP contribution in [0.1, 0.15) is 46.3 Å². The fraction of sp³-hybridized carbons (Fsp3) is 0.292. The van der Waals surface area contributed by atoms with Gasteiger partial charge in [0.1, 0.15) is 11.8 Å². The predicted octanol–water partition coefficient (Wildman–Crippen LogP) is 4.38. The van der Waals surface area contributed by atoms with Crippen molar-refractivity contribution in [2.24, 2.45) is 5.10 Å². The van der Waals surface area contributed by atoms with E-state index in [4.69, 9.17) is 9.15 Å². The molecule has 2 aromatic heterocycles. The van der Waals surface area contributed by atoms with Crippen LogP contribution in [0.25, 0.3) is 0 Å². The number of benzene rings is 1. The summed E-state index contributed by atoms with van der Waals surface area (Å²) in [4.78, 5) is 39.7. The Morgan fingerprint density at radius 3 is 2.71 bits per heavy atom. The minimum absolute atomic E-state index is 0.0701. The highest BCUT2D eigenvalue weighted by Gasteiger charge is 2.36. The first-order valence-corrected chi connectivity index (χ1v) is 12.1. The first-order valence-electron chi connectivity index (χ1n) is 11.2. The number of amides is 1. The molecule has 3 aromatic rings. The Morgan fingerprint density at radius 1 is 1.20 bits per heavy atom. The van der Waals surface area contributed by atoms with Crippen LogP contribution in [0.2, 0.25) is 0 Å². The molecule has 0 spiro atoms. The average molecular weight is 495 g/mol. The summed E-state index contributed by atoms with van der Waals surface area (Å²) in [6, 6.07) is 11.0. The summed E-state index contributed by atoms with van der Waals surface area (Å²) in [6.45, 7) is 0.936. The molecule has 1 saturated heterocycles. The number of carbonyl (C=O) groups excluding carboxylic acids is 2. The van der Waals surface area contributed by atoms with Gasteiger partial charge < -0.3 is 14.1 Å². The van der Waals surface area contributed by atoms with Gasteiger partial charge in [0.2, 0.25) is 0 Å². The number of hydrazone groups is 1. The zero-order valence-electron chi connectivity index (χ0n) is 18.7. The summed E-state index contributed by atoms with van der Waals surface area (Å²) in [5.74, 6) is -0.727. The average Bonchev–Trinajstić information content (AvgIpc) is 3.68. The third-order valence-corrected chi connectivity index (χ3v) is 6.95. The van der Waals surface area contributed by atoms with E-state index in [2.05, 4.69) is 5.10 Å². The van der Waals surface area contributed by atoms with Crippen molar-refractivity contribution < 1.29 is 23.7 Å². The van der Waals surface area contributed by atoms with Crippen LogP contribution in [0, 0.1) is 10.1 Å². The molecule has 180 valence electrons. The Labute approximate surface area is 204 Å². The van der Waals surface area contributed by atoms with Gasteiger partial charge in [-0.3, -0.25) is 14.9 Å². The van der Waals surface area contributed by atoms with E-state index in [1.165, 1.54) is 34.7 Å². The number of anilines is 1. The summed E-state index contributed by atoms with van der Waals surface area (Å²) >= 11 is 1.52. The zero-order valence-corrected chi connectivity index (χ0v) is 19.5. The van der Waals surface area contributed by atoms with E-state index in [0.717, 1.165) is 36.5 Å². The molecular weight excluding hydrogens is 472 g/mol. The molecule has 4 heterocycles. The SMILES string of the molecule is O=C(OCC(=O)N1N=C(c2cccs2)CC1c1ccco1)c1cc([N+](=O)[O-])ccc1N1CCCC1. The summed E-state index contributed by atoms with van der Waals surface area (Å²) in [5.41, 5.74) is 1.17. The minimum Gasteiger partial charge on any atom is -0.467 e. The third-order valence-electron chi connectivity index (χ3n) is 6.03. The maximum Gasteiger partial charge on any atom is 0.341 e. The minimum atomic E-state index is -0.792. The highest BCUT2D eigenvalue weighted by atomic mass is 32.1. The van der Waals surface area contributed by atoms with Gasteiger partial charge in [0.15, 0.2) is 6.61 Å². The van der Waals surface area contributed by atoms with Gasteiger partial charge in [-0.2, -0.15) is 5.10 Å². The molecular formula is C24H22N4O6S. The maximum absolute atomic E-state index is 13.1. The lowest BCUT2D eigenvalue weighted by molar-refractivity contribution is -0.384. The van der Waals surface area contributed by atoms with E-state index < -0.39 is 29.4 Å². The Morgan fingerprint density at radius 2 is 2.03 bits per heavy atom. The van der Waals surface area contributed by atoms with Crippen molar-refractivity contribution in [1.29, 1.82) is 0 Å². The normalized spacial score (nSPS) is 17.5. The van der Waals surface area contributed by atoms with E-state index in [9.17, 15) is 19.7 Å². The molecule has 0 radical (unpaired) electrons. The van der Waals surface area contributed by atoms with Crippen LogP contribution in [0.4, 0.5) is 11.4 Å². The lowest BCUT2D eigenvalue weighted by Crippen LogP contribution is -2.31. The van der Waals surface area contributed by atoms with Crippen molar-refractivity contribution in [1.82, 2.24) is 5.01 Å². The molecule has 1 unspecified atom stereocenters. The number of rotatable bonds is 7. The molecule has 11 heteroatoms. The van der Waals surface area contributed by atoms with Crippen LogP contribution < -0.4 is 4.90 Å². The molecule has 0 bridgehead atoms. The highest BCUT2D eigenvalue weighted by molar-refractivity contribution is 7.12. The van der Waals surface area contributed by atoms with Crippen LogP contribution in [0.5, 0.6) is 0 Å². The van der Waals surface area contributed by atoms with Gasteiger partial charge in [-0.15, -0.1) is 11.3 Å². The number of nitrogens with zero attached hydrogens (tertiary/aromatic N) is 4. The monoisotopic (exact) mass is 494 g/mol. The second kappa shape index (κ2) is 9.71. The van der Waals surface area contributed by atoms with Gasteiger partial charge in [0.05, 0.1) is 33.0 Å². The highest BCUT2D eigenvalue weighted by Crippen LogP contribution is 2.34. The molecule has 0 saturated carbocycles. The molecule has 0 aliphatic carbocycles. The molecule has 2 aliphatic rings. The quantitative estimate of drug-likeness (QED) is 0.272. The second-order valence-electron chi connectivity index (χ2n) is 8.23. The maximum atomic E-state index is 13.1. The number of carbonyl (C=O) groups is 2. The standard InChI is InChI=1S/C24H22N4O6S/c29-23(27-20(21-5-3-11-33-21)14-18(25-27)22-6-4-12-35-22)15-34-24(30)17-13-16(28(31)32)7-8-19(17)26-9-1-2-10-26/h3-8,11-13,20H,1-2,9-10,14-15H2. The third kappa shape index (κ3) is 4.67. The first kappa shape index (κ1) is 22.8. The molecule has 1 atom stereocenters. The van der Waals surface area contributed by atoms with Crippen molar-refractivity contribution in [3.05, 3.63) is 80.4 Å². The second-order valence-corrected chi connectivity index (χ2v) is 9.17. The number of non-ortho nitro benzene ring substituents is 1. The lowest BCUT2D eigenvalue weighted by Gasteiger charge is -2.21. The fourth-order valence-electron chi connectivity index (χ4n) is 4.34. The number of hydrogen-bond donors (Lipinski definition) is 0.